The third kappa shape index (κ3) is 3.53. The van der Waals surface area contributed by atoms with E-state index in [0.717, 1.165) is 4.90 Å². The van der Waals surface area contributed by atoms with E-state index >= 15 is 0 Å². The van der Waals surface area contributed by atoms with Gasteiger partial charge in [0.25, 0.3) is 5.91 Å². The number of imide groups is 2. The Bertz CT molecular complexity index is 881. The maximum absolute atomic E-state index is 12.6. The maximum atomic E-state index is 12.6. The fourth-order valence-electron chi connectivity index (χ4n) is 3.25. The highest BCUT2D eigenvalue weighted by Gasteiger charge is 2.39. The van der Waals surface area contributed by atoms with Crippen LogP contribution in [0.1, 0.15) is 28.8 Å². The molecule has 2 aliphatic rings. The predicted octanol–water partition coefficient (Wildman–Crippen LogP) is 0.593. The monoisotopic (exact) mass is 387 g/mol. The Morgan fingerprint density at radius 3 is 2.54 bits per heavy atom. The second-order valence-electron chi connectivity index (χ2n) is 6.94. The fourth-order valence-corrected chi connectivity index (χ4v) is 3.25. The summed E-state index contributed by atoms with van der Waals surface area (Å²) < 4.78 is 0. The van der Waals surface area contributed by atoms with Crippen LogP contribution in [0.2, 0.25) is 0 Å². The van der Waals surface area contributed by atoms with Crippen molar-refractivity contribution >= 4 is 35.5 Å². The van der Waals surface area contributed by atoms with Gasteiger partial charge in [-0.1, -0.05) is 0 Å². The lowest BCUT2D eigenvalue weighted by molar-refractivity contribution is -0.136. The van der Waals surface area contributed by atoms with Gasteiger partial charge in [-0.05, 0) is 30.2 Å². The lowest BCUT2D eigenvalue weighted by Gasteiger charge is -2.29. The van der Waals surface area contributed by atoms with Gasteiger partial charge in [0.2, 0.25) is 11.8 Å². The molecule has 0 saturated carbocycles. The second kappa shape index (κ2) is 7.29. The fraction of sp³-hybridized carbons (Fsp3) is 0.389. The molecular formula is C18H21N5O5. The van der Waals surface area contributed by atoms with Gasteiger partial charge in [0.1, 0.15) is 6.04 Å². The predicted molar refractivity (Wildman–Crippen MR) is 98.4 cm³/mol. The van der Waals surface area contributed by atoms with E-state index in [4.69, 9.17) is 0 Å². The van der Waals surface area contributed by atoms with Crippen molar-refractivity contribution in [1.29, 1.82) is 0 Å². The Kier molecular flexibility index (Phi) is 5.04. The molecule has 1 aromatic carbocycles. The first-order valence-electron chi connectivity index (χ1n) is 8.72. The normalized spacial score (nSPS) is 18.5. The smallest absolute Gasteiger partial charge is 0.329 e. The quantitative estimate of drug-likeness (QED) is 0.720. The van der Waals surface area contributed by atoms with Crippen LogP contribution in [-0.2, 0) is 16.1 Å². The van der Waals surface area contributed by atoms with E-state index in [0.29, 0.717) is 16.8 Å². The highest BCUT2D eigenvalue weighted by molar-refractivity contribution is 6.06. The first-order chi connectivity index (χ1) is 13.2. The van der Waals surface area contributed by atoms with E-state index in [1.807, 2.05) is 0 Å². The molecule has 1 atom stereocenters. The molecule has 1 unspecified atom stereocenters. The van der Waals surface area contributed by atoms with Crippen molar-refractivity contribution in [2.45, 2.75) is 25.4 Å². The van der Waals surface area contributed by atoms with E-state index in [1.165, 1.54) is 30.9 Å². The van der Waals surface area contributed by atoms with Crippen molar-refractivity contribution in [3.05, 3.63) is 29.3 Å². The molecule has 3 rings (SSSR count). The van der Waals surface area contributed by atoms with E-state index in [1.54, 1.807) is 18.2 Å². The number of carbonyl (C=O) groups is 5. The zero-order chi connectivity index (χ0) is 20.6. The number of nitrogens with one attached hydrogen (secondary N) is 2. The van der Waals surface area contributed by atoms with E-state index in [9.17, 15) is 24.0 Å². The molecule has 0 spiro atoms. The van der Waals surface area contributed by atoms with Gasteiger partial charge < -0.3 is 15.1 Å². The minimum Gasteiger partial charge on any atom is -0.330 e. The van der Waals surface area contributed by atoms with Crippen LogP contribution in [0.5, 0.6) is 0 Å². The highest BCUT2D eigenvalue weighted by atomic mass is 16.2. The van der Waals surface area contributed by atoms with Crippen LogP contribution in [0.3, 0.4) is 0 Å². The van der Waals surface area contributed by atoms with Gasteiger partial charge >= 0.3 is 12.1 Å². The molecule has 148 valence electrons. The maximum Gasteiger partial charge on any atom is 0.329 e. The summed E-state index contributed by atoms with van der Waals surface area (Å²) in [6.45, 7) is 0.205. The zero-order valence-corrected chi connectivity index (χ0v) is 15.8. The number of hydrogen-bond acceptors (Lipinski definition) is 5. The molecule has 0 radical (unpaired) electrons. The van der Waals surface area contributed by atoms with Crippen LogP contribution in [0.25, 0.3) is 0 Å². The summed E-state index contributed by atoms with van der Waals surface area (Å²) >= 11 is 0. The molecule has 1 saturated heterocycles. The number of rotatable bonds is 2. The van der Waals surface area contributed by atoms with Crippen LogP contribution in [0.15, 0.2) is 18.2 Å². The molecule has 0 aliphatic carbocycles. The number of nitrogens with zero attached hydrogens (tertiary/aromatic N) is 3. The van der Waals surface area contributed by atoms with Crippen LogP contribution in [0.4, 0.5) is 15.3 Å². The van der Waals surface area contributed by atoms with Crippen molar-refractivity contribution in [3.8, 4) is 0 Å². The Morgan fingerprint density at radius 1 is 1.18 bits per heavy atom. The number of fused-ring (bicyclic) bond motifs is 1. The first kappa shape index (κ1) is 19.3. The summed E-state index contributed by atoms with van der Waals surface area (Å²) in [6, 6.07) is 3.01. The van der Waals surface area contributed by atoms with Crippen molar-refractivity contribution in [3.63, 3.8) is 0 Å². The van der Waals surface area contributed by atoms with Gasteiger partial charge in [0.05, 0.1) is 0 Å². The average molecular weight is 387 g/mol. The molecule has 7 amide bonds. The van der Waals surface area contributed by atoms with Gasteiger partial charge in [-0.2, -0.15) is 0 Å². The van der Waals surface area contributed by atoms with Crippen LogP contribution in [-0.4, -0.2) is 71.7 Å². The average Bonchev–Trinajstić information content (AvgIpc) is 2.96. The molecule has 10 heteroatoms. The third-order valence-corrected chi connectivity index (χ3v) is 4.75. The Labute approximate surface area is 161 Å². The van der Waals surface area contributed by atoms with Crippen molar-refractivity contribution < 1.29 is 24.0 Å². The molecule has 0 bridgehead atoms. The minimum atomic E-state index is -0.695. The molecule has 0 aromatic heterocycles. The van der Waals surface area contributed by atoms with Gasteiger partial charge in [0, 0.05) is 45.4 Å². The van der Waals surface area contributed by atoms with Gasteiger partial charge in [0.15, 0.2) is 0 Å². The number of piperidine rings is 1. The molecule has 2 aliphatic heterocycles. The Hall–Kier alpha value is -3.43. The van der Waals surface area contributed by atoms with Gasteiger partial charge in [-0.3, -0.25) is 19.7 Å². The SMILES string of the molecule is CN(C)C(=O)N(C)C(=O)Nc1ccc2c(c1)CN(C1CCC(=O)NC1=O)C2=O. The molecule has 2 heterocycles. The molecule has 28 heavy (non-hydrogen) atoms. The lowest BCUT2D eigenvalue weighted by atomic mass is 10.0. The molecule has 1 fully saturated rings. The van der Waals surface area contributed by atoms with Gasteiger partial charge in [-0.25, -0.2) is 14.5 Å². The van der Waals surface area contributed by atoms with Crippen LogP contribution >= 0.6 is 0 Å². The molecular weight excluding hydrogens is 366 g/mol. The van der Waals surface area contributed by atoms with Gasteiger partial charge in [-0.15, -0.1) is 0 Å². The summed E-state index contributed by atoms with van der Waals surface area (Å²) in [7, 11) is 4.44. The number of hydrogen-bond donors (Lipinski definition) is 2. The van der Waals surface area contributed by atoms with E-state index in [2.05, 4.69) is 10.6 Å². The van der Waals surface area contributed by atoms with Crippen molar-refractivity contribution in [1.82, 2.24) is 20.0 Å². The number of carbonyl (C=O) groups excluding carboxylic acids is 5. The highest BCUT2D eigenvalue weighted by Crippen LogP contribution is 2.29. The summed E-state index contributed by atoms with van der Waals surface area (Å²) in [5.41, 5.74) is 1.54. The van der Waals surface area contributed by atoms with E-state index in [-0.39, 0.29) is 31.2 Å². The standard InChI is InChI=1S/C18H21N5O5/c1-21(2)18(28)22(3)17(27)19-11-4-5-12-10(8-11)9-23(16(12)26)13-6-7-14(24)20-15(13)25/h4-5,8,13H,6-7,9H2,1-3H3,(H,19,27)(H,20,24,25). The van der Waals surface area contributed by atoms with Crippen LogP contribution in [0, 0.1) is 0 Å². The molecule has 10 nitrogen and oxygen atoms in total. The van der Waals surface area contributed by atoms with Crippen molar-refractivity contribution in [2.24, 2.45) is 0 Å². The lowest BCUT2D eigenvalue weighted by Crippen LogP contribution is -2.52. The summed E-state index contributed by atoms with van der Waals surface area (Å²) in [5, 5.41) is 4.87. The summed E-state index contributed by atoms with van der Waals surface area (Å²) in [6.07, 6.45) is 0.468. The third-order valence-electron chi connectivity index (χ3n) is 4.75. The molecule has 1 aromatic rings. The summed E-state index contributed by atoms with van der Waals surface area (Å²) in [5.74, 6) is -1.11. The topological polar surface area (TPSA) is 119 Å². The number of urea groups is 2. The van der Waals surface area contributed by atoms with Crippen LogP contribution < -0.4 is 10.6 Å². The largest absolute Gasteiger partial charge is 0.330 e. The second-order valence-corrected chi connectivity index (χ2v) is 6.94. The minimum absolute atomic E-state index is 0.185. The number of benzene rings is 1. The molecule has 2 N–H and O–H groups in total. The Morgan fingerprint density at radius 2 is 1.89 bits per heavy atom. The summed E-state index contributed by atoms with van der Waals surface area (Å²) in [4.78, 5) is 63.7. The first-order valence-corrected chi connectivity index (χ1v) is 8.72. The number of amides is 7. The zero-order valence-electron chi connectivity index (χ0n) is 15.8. The number of anilines is 1. The van der Waals surface area contributed by atoms with E-state index < -0.39 is 24.0 Å². The Balaban J connectivity index is 1.73. The van der Waals surface area contributed by atoms with Crippen molar-refractivity contribution in [2.75, 3.05) is 26.5 Å².